The minimum absolute atomic E-state index is 0.237. The number of ether oxygens (including phenoxy) is 1. The number of hydrogen-bond donors (Lipinski definition) is 1. The molecule has 0 spiro atoms. The van der Waals surface area contributed by atoms with Crippen molar-refractivity contribution in [3.05, 3.63) is 74.4 Å². The minimum Gasteiger partial charge on any atom is -0.497 e. The van der Waals surface area contributed by atoms with Crippen LogP contribution in [-0.2, 0) is 6.54 Å². The van der Waals surface area contributed by atoms with Gasteiger partial charge in [-0.1, -0.05) is 23.5 Å². The molecule has 2 aromatic heterocycles. The number of nitro groups is 1. The fourth-order valence-electron chi connectivity index (χ4n) is 2.79. The number of carbonyl (C=O) groups is 1. The number of anilines is 1. The van der Waals surface area contributed by atoms with Crippen molar-refractivity contribution in [2.45, 2.75) is 6.54 Å². The zero-order chi connectivity index (χ0) is 21.3. The summed E-state index contributed by atoms with van der Waals surface area (Å²) >= 11 is 4.49. The van der Waals surface area contributed by atoms with Gasteiger partial charge in [0.15, 0.2) is 5.13 Å². The van der Waals surface area contributed by atoms with Crippen molar-refractivity contribution in [3.8, 4) is 5.75 Å². The van der Waals surface area contributed by atoms with E-state index in [1.807, 2.05) is 18.2 Å². The van der Waals surface area contributed by atoms with E-state index in [-0.39, 0.29) is 11.7 Å². The maximum atomic E-state index is 12.5. The molecule has 2 aromatic carbocycles. The second-order valence-corrected chi connectivity index (χ2v) is 8.14. The van der Waals surface area contributed by atoms with Crippen LogP contribution in [0.2, 0.25) is 0 Å². The van der Waals surface area contributed by atoms with Crippen LogP contribution in [0.15, 0.2) is 53.1 Å². The first-order valence-corrected chi connectivity index (χ1v) is 10.3. The van der Waals surface area contributed by atoms with Gasteiger partial charge in [-0.2, -0.15) is 4.68 Å². The van der Waals surface area contributed by atoms with Crippen LogP contribution < -0.4 is 10.1 Å². The number of nitrogens with one attached hydrogen (secondary N) is 1. The number of nitrogens with zero attached hydrogens (tertiary/aromatic N) is 4. The molecule has 0 atom stereocenters. The quantitative estimate of drug-likeness (QED) is 0.317. The number of halogens is 1. The number of benzene rings is 2. The SMILES string of the molecule is COc1ccc2nc(NC(=O)c3ccc(Cn4cc(Br)c([N+](=O)[O-])n4)cc3)sc2c1. The predicted molar refractivity (Wildman–Crippen MR) is 116 cm³/mol. The fraction of sp³-hybridized carbons (Fsp3) is 0.105. The predicted octanol–water partition coefficient (Wildman–Crippen LogP) is 4.47. The lowest BCUT2D eigenvalue weighted by Crippen LogP contribution is -2.11. The Balaban J connectivity index is 1.45. The number of amides is 1. The molecule has 4 aromatic rings. The number of thiazole rings is 1. The molecule has 4 rings (SSSR count). The molecule has 0 aliphatic rings. The molecule has 152 valence electrons. The van der Waals surface area contributed by atoms with Crippen molar-refractivity contribution < 1.29 is 14.5 Å². The molecule has 0 saturated heterocycles. The first kappa shape index (κ1) is 20.0. The lowest BCUT2D eigenvalue weighted by Gasteiger charge is -2.03. The summed E-state index contributed by atoms with van der Waals surface area (Å²) in [4.78, 5) is 27.3. The van der Waals surface area contributed by atoms with Crippen molar-refractivity contribution in [3.63, 3.8) is 0 Å². The molecule has 9 nitrogen and oxygen atoms in total. The normalized spacial score (nSPS) is 10.9. The average molecular weight is 488 g/mol. The van der Waals surface area contributed by atoms with Crippen LogP contribution in [0, 0.1) is 10.1 Å². The molecule has 0 unspecified atom stereocenters. The average Bonchev–Trinajstić information content (AvgIpc) is 3.30. The highest BCUT2D eigenvalue weighted by atomic mass is 79.9. The number of methoxy groups -OCH3 is 1. The van der Waals surface area contributed by atoms with E-state index in [9.17, 15) is 14.9 Å². The Labute approximate surface area is 182 Å². The Kier molecular flexibility index (Phi) is 5.46. The van der Waals surface area contributed by atoms with Gasteiger partial charge in [0.25, 0.3) is 5.91 Å². The highest BCUT2D eigenvalue weighted by Crippen LogP contribution is 2.29. The number of rotatable bonds is 6. The Bertz CT molecular complexity index is 1250. The summed E-state index contributed by atoms with van der Waals surface area (Å²) in [5, 5.41) is 18.1. The Morgan fingerprint density at radius 1 is 1.30 bits per heavy atom. The van der Waals surface area contributed by atoms with Crippen LogP contribution in [0.5, 0.6) is 5.75 Å². The van der Waals surface area contributed by atoms with Crippen molar-refractivity contribution in [2.75, 3.05) is 12.4 Å². The third-order valence-electron chi connectivity index (χ3n) is 4.25. The van der Waals surface area contributed by atoms with Gasteiger partial charge in [-0.3, -0.25) is 10.1 Å². The van der Waals surface area contributed by atoms with Crippen molar-refractivity contribution in [1.29, 1.82) is 0 Å². The van der Waals surface area contributed by atoms with Crippen molar-refractivity contribution >= 4 is 54.3 Å². The van der Waals surface area contributed by atoms with Gasteiger partial charge in [-0.15, -0.1) is 0 Å². The summed E-state index contributed by atoms with van der Waals surface area (Å²) in [7, 11) is 1.60. The summed E-state index contributed by atoms with van der Waals surface area (Å²) in [6.45, 7) is 0.341. The standard InChI is InChI=1S/C19H14BrN5O4S/c1-29-13-6-7-15-16(8-13)30-19(21-15)22-18(26)12-4-2-11(3-5-12)9-24-10-14(20)17(23-24)25(27)28/h2-8,10H,9H2,1H3,(H,21,22,26). The number of aromatic nitrogens is 3. The Hall–Kier alpha value is -3.31. The third kappa shape index (κ3) is 4.16. The summed E-state index contributed by atoms with van der Waals surface area (Å²) in [6.07, 6.45) is 1.54. The van der Waals surface area contributed by atoms with E-state index in [0.717, 1.165) is 21.5 Å². The van der Waals surface area contributed by atoms with E-state index in [0.29, 0.717) is 21.7 Å². The van der Waals surface area contributed by atoms with Gasteiger partial charge < -0.3 is 14.9 Å². The molecular weight excluding hydrogens is 474 g/mol. The van der Waals surface area contributed by atoms with E-state index in [1.165, 1.54) is 16.0 Å². The zero-order valence-corrected chi connectivity index (χ0v) is 17.9. The van der Waals surface area contributed by atoms with Crippen molar-refractivity contribution in [1.82, 2.24) is 14.8 Å². The first-order chi connectivity index (χ1) is 14.4. The Morgan fingerprint density at radius 3 is 2.73 bits per heavy atom. The van der Waals surface area contributed by atoms with Crippen LogP contribution in [0.3, 0.4) is 0 Å². The summed E-state index contributed by atoms with van der Waals surface area (Å²) in [6, 6.07) is 12.5. The van der Waals surface area contributed by atoms with Crippen LogP contribution in [0.4, 0.5) is 10.9 Å². The van der Waals surface area contributed by atoms with Crippen LogP contribution in [-0.4, -0.2) is 32.7 Å². The monoisotopic (exact) mass is 487 g/mol. The fourth-order valence-corrected chi connectivity index (χ4v) is 4.14. The van der Waals surface area contributed by atoms with Gasteiger partial charge in [-0.05, 0) is 56.7 Å². The topological polar surface area (TPSA) is 112 Å². The van der Waals surface area contributed by atoms with Gasteiger partial charge in [0.05, 0.1) is 35.2 Å². The lowest BCUT2D eigenvalue weighted by atomic mass is 10.1. The summed E-state index contributed by atoms with van der Waals surface area (Å²) in [5.41, 5.74) is 2.11. The van der Waals surface area contributed by atoms with Crippen LogP contribution in [0.25, 0.3) is 10.2 Å². The van der Waals surface area contributed by atoms with E-state index in [2.05, 4.69) is 31.3 Å². The molecule has 0 bridgehead atoms. The zero-order valence-electron chi connectivity index (χ0n) is 15.5. The largest absolute Gasteiger partial charge is 0.497 e. The lowest BCUT2D eigenvalue weighted by molar-refractivity contribution is -0.390. The second kappa shape index (κ2) is 8.20. The Morgan fingerprint density at radius 2 is 2.07 bits per heavy atom. The van der Waals surface area contributed by atoms with Crippen LogP contribution in [0.1, 0.15) is 15.9 Å². The minimum atomic E-state index is -0.549. The second-order valence-electron chi connectivity index (χ2n) is 6.26. The van der Waals surface area contributed by atoms with Gasteiger partial charge in [0, 0.05) is 5.56 Å². The molecule has 2 heterocycles. The molecule has 1 N–H and O–H groups in total. The van der Waals surface area contributed by atoms with Gasteiger partial charge in [-0.25, -0.2) is 4.98 Å². The molecule has 0 fully saturated rings. The molecule has 0 aliphatic heterocycles. The number of hydrogen-bond acceptors (Lipinski definition) is 7. The van der Waals surface area contributed by atoms with E-state index < -0.39 is 4.92 Å². The highest BCUT2D eigenvalue weighted by Gasteiger charge is 2.18. The molecule has 11 heteroatoms. The molecular formula is C19H14BrN5O4S. The maximum absolute atomic E-state index is 12.5. The molecule has 0 radical (unpaired) electrons. The highest BCUT2D eigenvalue weighted by molar-refractivity contribution is 9.10. The van der Waals surface area contributed by atoms with E-state index in [1.54, 1.807) is 37.6 Å². The van der Waals surface area contributed by atoms with Crippen molar-refractivity contribution in [2.24, 2.45) is 0 Å². The molecule has 0 aliphatic carbocycles. The third-order valence-corrected chi connectivity index (χ3v) is 5.74. The smallest absolute Gasteiger partial charge is 0.404 e. The van der Waals surface area contributed by atoms with Gasteiger partial charge in [0.2, 0.25) is 0 Å². The number of fused-ring (bicyclic) bond motifs is 1. The molecule has 30 heavy (non-hydrogen) atoms. The molecule has 0 saturated carbocycles. The maximum Gasteiger partial charge on any atom is 0.404 e. The first-order valence-electron chi connectivity index (χ1n) is 8.65. The van der Waals surface area contributed by atoms with Gasteiger partial charge >= 0.3 is 5.82 Å². The number of carbonyl (C=O) groups excluding carboxylic acids is 1. The summed E-state index contributed by atoms with van der Waals surface area (Å²) < 4.78 is 7.90. The van der Waals surface area contributed by atoms with Crippen LogP contribution >= 0.6 is 27.3 Å². The summed E-state index contributed by atoms with van der Waals surface area (Å²) in [5.74, 6) is 0.221. The van der Waals surface area contributed by atoms with Gasteiger partial charge in [0.1, 0.15) is 10.2 Å². The molecule has 1 amide bonds. The van der Waals surface area contributed by atoms with E-state index in [4.69, 9.17) is 4.74 Å². The van der Waals surface area contributed by atoms with E-state index >= 15 is 0 Å².